The van der Waals surface area contributed by atoms with E-state index in [1.54, 1.807) is 18.2 Å². The lowest BCUT2D eigenvalue weighted by Gasteiger charge is -2.20. The summed E-state index contributed by atoms with van der Waals surface area (Å²) in [6.45, 7) is 2.75. The first-order chi connectivity index (χ1) is 10.1. The van der Waals surface area contributed by atoms with Gasteiger partial charge in [0.15, 0.2) is 11.5 Å². The highest BCUT2D eigenvalue weighted by molar-refractivity contribution is 6.32. The normalized spacial score (nSPS) is 12.9. The van der Waals surface area contributed by atoms with Gasteiger partial charge in [-0.15, -0.1) is 0 Å². The molecule has 1 amide bonds. The predicted molar refractivity (Wildman–Crippen MR) is 79.4 cm³/mol. The molecule has 6 heteroatoms. The van der Waals surface area contributed by atoms with Gasteiger partial charge in [0.2, 0.25) is 0 Å². The van der Waals surface area contributed by atoms with Crippen LogP contribution in [0, 0.1) is 6.92 Å². The highest BCUT2D eigenvalue weighted by Gasteiger charge is 2.19. The number of carbonyl (C=O) groups is 1. The van der Waals surface area contributed by atoms with Crippen LogP contribution in [0.25, 0.3) is 0 Å². The third kappa shape index (κ3) is 2.92. The molecule has 0 unspecified atom stereocenters. The van der Waals surface area contributed by atoms with Gasteiger partial charge in [-0.3, -0.25) is 4.79 Å². The lowest BCUT2D eigenvalue weighted by atomic mass is 10.1. The number of halogens is 1. The number of anilines is 1. The number of nitrogens with zero attached hydrogens (tertiary/aromatic N) is 1. The summed E-state index contributed by atoms with van der Waals surface area (Å²) < 4.78 is 10.9. The molecule has 0 radical (unpaired) electrons. The van der Waals surface area contributed by atoms with Crippen LogP contribution in [-0.4, -0.2) is 24.1 Å². The molecule has 0 atom stereocenters. The van der Waals surface area contributed by atoms with Gasteiger partial charge in [0, 0.05) is 11.3 Å². The smallest absolute Gasteiger partial charge is 0.257 e. The van der Waals surface area contributed by atoms with Crippen LogP contribution in [0.3, 0.4) is 0 Å². The molecule has 0 saturated heterocycles. The first kappa shape index (κ1) is 13.7. The van der Waals surface area contributed by atoms with Gasteiger partial charge in [0.05, 0.1) is 5.02 Å². The van der Waals surface area contributed by atoms with E-state index < -0.39 is 0 Å². The molecular formula is C15H13ClN2O3. The van der Waals surface area contributed by atoms with E-state index in [1.165, 1.54) is 0 Å². The van der Waals surface area contributed by atoms with Gasteiger partial charge in [0.1, 0.15) is 19.0 Å². The Morgan fingerprint density at radius 2 is 2.10 bits per heavy atom. The Bertz CT molecular complexity index is 703. The maximum Gasteiger partial charge on any atom is 0.257 e. The molecule has 1 aliphatic heterocycles. The molecule has 0 bridgehead atoms. The molecule has 21 heavy (non-hydrogen) atoms. The quantitative estimate of drug-likeness (QED) is 0.926. The molecule has 2 aromatic rings. The van der Waals surface area contributed by atoms with Crippen LogP contribution in [0.15, 0.2) is 30.3 Å². The Hall–Kier alpha value is -2.27. The molecule has 0 saturated carbocycles. The molecule has 1 N–H and O–H groups in total. The van der Waals surface area contributed by atoms with E-state index in [0.717, 1.165) is 5.69 Å². The van der Waals surface area contributed by atoms with Gasteiger partial charge in [-0.25, -0.2) is 4.98 Å². The Balaban J connectivity index is 1.86. The van der Waals surface area contributed by atoms with E-state index in [2.05, 4.69) is 10.3 Å². The van der Waals surface area contributed by atoms with Gasteiger partial charge in [-0.2, -0.15) is 0 Å². The summed E-state index contributed by atoms with van der Waals surface area (Å²) in [7, 11) is 0. The molecular weight excluding hydrogens is 292 g/mol. The Labute approximate surface area is 126 Å². The summed E-state index contributed by atoms with van der Waals surface area (Å²) in [4.78, 5) is 16.5. The maximum absolute atomic E-state index is 12.3. The van der Waals surface area contributed by atoms with Crippen molar-refractivity contribution in [3.8, 4) is 11.5 Å². The van der Waals surface area contributed by atoms with Crippen molar-refractivity contribution in [2.24, 2.45) is 0 Å². The summed E-state index contributed by atoms with van der Waals surface area (Å²) in [6.07, 6.45) is 0. The molecule has 3 rings (SSSR count). The number of carbonyl (C=O) groups excluding carboxylic acids is 1. The second-order valence-corrected chi connectivity index (χ2v) is 5.01. The molecule has 1 aliphatic rings. The first-order valence-corrected chi connectivity index (χ1v) is 6.85. The second-order valence-electron chi connectivity index (χ2n) is 4.60. The number of hydrogen-bond donors (Lipinski definition) is 1. The zero-order valence-corrected chi connectivity index (χ0v) is 12.1. The molecule has 2 heterocycles. The van der Waals surface area contributed by atoms with Crippen molar-refractivity contribution in [2.45, 2.75) is 6.92 Å². The summed E-state index contributed by atoms with van der Waals surface area (Å²) in [5, 5.41) is 3.08. The zero-order valence-electron chi connectivity index (χ0n) is 11.4. The summed E-state index contributed by atoms with van der Waals surface area (Å²) in [5.74, 6) is 1.15. The van der Waals surface area contributed by atoms with Crippen LogP contribution < -0.4 is 14.8 Å². The van der Waals surface area contributed by atoms with Crippen molar-refractivity contribution in [3.63, 3.8) is 0 Å². The fourth-order valence-electron chi connectivity index (χ4n) is 2.04. The SMILES string of the molecule is Cc1cccc(NC(=O)c2cc(Cl)c3c(c2)OCCO3)n1. The van der Waals surface area contributed by atoms with Gasteiger partial charge >= 0.3 is 0 Å². The number of ether oxygens (including phenoxy) is 2. The minimum absolute atomic E-state index is 0.299. The largest absolute Gasteiger partial charge is 0.486 e. The average molecular weight is 305 g/mol. The topological polar surface area (TPSA) is 60.5 Å². The Morgan fingerprint density at radius 1 is 1.29 bits per heavy atom. The minimum Gasteiger partial charge on any atom is -0.486 e. The third-order valence-corrected chi connectivity index (χ3v) is 3.27. The average Bonchev–Trinajstić information content (AvgIpc) is 2.47. The van der Waals surface area contributed by atoms with E-state index in [4.69, 9.17) is 21.1 Å². The zero-order chi connectivity index (χ0) is 14.8. The summed E-state index contributed by atoms with van der Waals surface area (Å²) >= 11 is 6.12. The fourth-order valence-corrected chi connectivity index (χ4v) is 2.31. The highest BCUT2D eigenvalue weighted by Crippen LogP contribution is 2.38. The van der Waals surface area contributed by atoms with Crippen molar-refractivity contribution in [1.29, 1.82) is 0 Å². The Kier molecular flexibility index (Phi) is 3.66. The number of nitrogens with one attached hydrogen (secondary N) is 1. The predicted octanol–water partition coefficient (Wildman–Crippen LogP) is 3.07. The molecule has 108 valence electrons. The number of pyridine rings is 1. The van der Waals surface area contributed by atoms with Crippen LogP contribution in [-0.2, 0) is 0 Å². The van der Waals surface area contributed by atoms with Gasteiger partial charge in [0.25, 0.3) is 5.91 Å². The molecule has 0 fully saturated rings. The van der Waals surface area contributed by atoms with E-state index in [1.807, 2.05) is 19.1 Å². The van der Waals surface area contributed by atoms with Crippen molar-refractivity contribution < 1.29 is 14.3 Å². The fraction of sp³-hybridized carbons (Fsp3) is 0.200. The Morgan fingerprint density at radius 3 is 2.90 bits per heavy atom. The number of amides is 1. The molecule has 0 spiro atoms. The lowest BCUT2D eigenvalue weighted by Crippen LogP contribution is -2.18. The number of hydrogen-bond acceptors (Lipinski definition) is 4. The van der Waals surface area contributed by atoms with Crippen LogP contribution in [0.1, 0.15) is 16.1 Å². The first-order valence-electron chi connectivity index (χ1n) is 6.47. The van der Waals surface area contributed by atoms with Crippen molar-refractivity contribution >= 4 is 23.3 Å². The maximum atomic E-state index is 12.3. The van der Waals surface area contributed by atoms with Gasteiger partial charge < -0.3 is 14.8 Å². The van der Waals surface area contributed by atoms with E-state index in [0.29, 0.717) is 41.1 Å². The van der Waals surface area contributed by atoms with Gasteiger partial charge in [-0.1, -0.05) is 17.7 Å². The summed E-state index contributed by atoms with van der Waals surface area (Å²) in [6, 6.07) is 8.58. The molecule has 0 aliphatic carbocycles. The van der Waals surface area contributed by atoms with E-state index in [9.17, 15) is 4.79 Å². The molecule has 5 nitrogen and oxygen atoms in total. The van der Waals surface area contributed by atoms with Crippen LogP contribution >= 0.6 is 11.6 Å². The number of aromatic nitrogens is 1. The van der Waals surface area contributed by atoms with Crippen LogP contribution in [0.5, 0.6) is 11.5 Å². The monoisotopic (exact) mass is 304 g/mol. The number of benzene rings is 1. The lowest BCUT2D eigenvalue weighted by molar-refractivity contribution is 0.102. The molecule has 1 aromatic heterocycles. The van der Waals surface area contributed by atoms with E-state index in [-0.39, 0.29) is 5.91 Å². The number of rotatable bonds is 2. The van der Waals surface area contributed by atoms with E-state index >= 15 is 0 Å². The van der Waals surface area contributed by atoms with Crippen LogP contribution in [0.2, 0.25) is 5.02 Å². The number of aryl methyl sites for hydroxylation is 1. The second kappa shape index (κ2) is 5.61. The number of fused-ring (bicyclic) bond motifs is 1. The van der Waals surface area contributed by atoms with Crippen molar-refractivity contribution in [3.05, 3.63) is 46.6 Å². The van der Waals surface area contributed by atoms with Crippen molar-refractivity contribution in [2.75, 3.05) is 18.5 Å². The van der Waals surface area contributed by atoms with Gasteiger partial charge in [-0.05, 0) is 31.2 Å². The highest BCUT2D eigenvalue weighted by atomic mass is 35.5. The summed E-state index contributed by atoms with van der Waals surface area (Å²) in [5.41, 5.74) is 1.22. The third-order valence-electron chi connectivity index (χ3n) is 2.99. The molecule has 1 aromatic carbocycles. The minimum atomic E-state index is -0.299. The van der Waals surface area contributed by atoms with Crippen molar-refractivity contribution in [1.82, 2.24) is 4.98 Å². The standard InChI is InChI=1S/C15H13ClN2O3/c1-9-3-2-4-13(17-9)18-15(19)10-7-11(16)14-12(8-10)20-5-6-21-14/h2-4,7-8H,5-6H2,1H3,(H,17,18,19). The van der Waals surface area contributed by atoms with Crippen LogP contribution in [0.4, 0.5) is 5.82 Å².